The van der Waals surface area contributed by atoms with E-state index < -0.39 is 0 Å². The summed E-state index contributed by atoms with van der Waals surface area (Å²) in [5, 5.41) is 0. The number of Topliss-reactive ketones (excluding diaryl/α,β-unsaturated/α-hetero) is 1. The average molecular weight is 281 g/mol. The fourth-order valence-corrected chi connectivity index (χ4v) is 3.10. The van der Waals surface area contributed by atoms with E-state index in [1.54, 1.807) is 0 Å². The Balaban J connectivity index is 2.57. The van der Waals surface area contributed by atoms with Crippen LogP contribution in [0, 0.1) is 5.41 Å². The first-order chi connectivity index (χ1) is 9.24. The lowest BCUT2D eigenvalue weighted by molar-refractivity contribution is -0.119. The predicted molar refractivity (Wildman–Crippen MR) is 83.9 cm³/mol. The summed E-state index contributed by atoms with van der Waals surface area (Å²) in [6, 6.07) is 0. The van der Waals surface area contributed by atoms with Crippen LogP contribution >= 0.6 is 0 Å². The summed E-state index contributed by atoms with van der Waals surface area (Å²) < 4.78 is 5.73. The van der Waals surface area contributed by atoms with Crippen LogP contribution in [0.15, 0.2) is 11.1 Å². The van der Waals surface area contributed by atoms with Crippen LogP contribution in [-0.4, -0.2) is 44.0 Å². The molecule has 0 saturated carbocycles. The largest absolute Gasteiger partial charge is 0.377 e. The van der Waals surface area contributed by atoms with Crippen molar-refractivity contribution < 1.29 is 9.53 Å². The minimum atomic E-state index is 0.000441. The highest BCUT2D eigenvalue weighted by atomic mass is 16.5. The second-order valence-corrected chi connectivity index (χ2v) is 7.00. The molecular formula is C17H31NO2. The van der Waals surface area contributed by atoms with Crippen LogP contribution in [0.1, 0.15) is 53.4 Å². The van der Waals surface area contributed by atoms with Crippen LogP contribution < -0.4 is 0 Å². The summed E-state index contributed by atoms with van der Waals surface area (Å²) in [4.78, 5) is 14.7. The van der Waals surface area contributed by atoms with Crippen LogP contribution in [0.3, 0.4) is 0 Å². The van der Waals surface area contributed by atoms with Gasteiger partial charge in [-0.1, -0.05) is 19.4 Å². The average Bonchev–Trinajstić information content (AvgIpc) is 2.26. The quantitative estimate of drug-likeness (QED) is 0.716. The second-order valence-electron chi connectivity index (χ2n) is 7.00. The number of nitrogens with zero attached hydrogens (tertiary/aromatic N) is 1. The lowest BCUT2D eigenvalue weighted by atomic mass is 9.70. The fraction of sp³-hybridized carbons (Fsp3) is 0.824. The third-order valence-electron chi connectivity index (χ3n) is 4.15. The predicted octanol–water partition coefficient (Wildman–Crippen LogP) is 3.44. The van der Waals surface area contributed by atoms with Crippen molar-refractivity contribution in [3.8, 4) is 0 Å². The molecule has 0 radical (unpaired) electrons. The van der Waals surface area contributed by atoms with Crippen molar-refractivity contribution in [2.24, 2.45) is 5.41 Å². The minimum Gasteiger partial charge on any atom is -0.377 e. The molecule has 0 heterocycles. The van der Waals surface area contributed by atoms with Gasteiger partial charge in [0.2, 0.25) is 0 Å². The van der Waals surface area contributed by atoms with Gasteiger partial charge in [0.1, 0.15) is 0 Å². The van der Waals surface area contributed by atoms with Crippen molar-refractivity contribution in [3.05, 3.63) is 11.1 Å². The molecule has 0 aromatic rings. The maximum atomic E-state index is 12.6. The lowest BCUT2D eigenvalue weighted by Crippen LogP contribution is -2.29. The first kappa shape index (κ1) is 17.4. The maximum Gasteiger partial charge on any atom is 0.161 e. The van der Waals surface area contributed by atoms with E-state index in [2.05, 4.69) is 25.7 Å². The molecule has 0 aliphatic heterocycles. The molecule has 1 unspecified atom stereocenters. The number of hydrogen-bond donors (Lipinski definition) is 0. The summed E-state index contributed by atoms with van der Waals surface area (Å²) in [7, 11) is 4.05. The van der Waals surface area contributed by atoms with E-state index in [-0.39, 0.29) is 17.3 Å². The number of likely N-dealkylation sites (N-methyl/N-ethyl adjacent to an activating group) is 1. The molecule has 1 rings (SSSR count). The number of rotatable bonds is 7. The van der Waals surface area contributed by atoms with E-state index in [4.69, 9.17) is 4.74 Å². The maximum absolute atomic E-state index is 12.6. The van der Waals surface area contributed by atoms with Gasteiger partial charge in [-0.25, -0.2) is 0 Å². The molecule has 0 bridgehead atoms. The smallest absolute Gasteiger partial charge is 0.161 e. The first-order valence-corrected chi connectivity index (χ1v) is 7.74. The van der Waals surface area contributed by atoms with Gasteiger partial charge in [-0.3, -0.25) is 4.79 Å². The van der Waals surface area contributed by atoms with Crippen LogP contribution in [0.25, 0.3) is 0 Å². The number of carbonyl (C=O) groups excluding carboxylic acids is 1. The van der Waals surface area contributed by atoms with Gasteiger partial charge in [0.15, 0.2) is 5.78 Å². The summed E-state index contributed by atoms with van der Waals surface area (Å²) >= 11 is 0. The molecule has 0 fully saturated rings. The van der Waals surface area contributed by atoms with Crippen LogP contribution in [0.5, 0.6) is 0 Å². The number of hydrogen-bond acceptors (Lipinski definition) is 3. The topological polar surface area (TPSA) is 29.5 Å². The van der Waals surface area contributed by atoms with Gasteiger partial charge < -0.3 is 9.64 Å². The van der Waals surface area contributed by atoms with Crippen LogP contribution in [0.4, 0.5) is 0 Å². The number of ketones is 1. The van der Waals surface area contributed by atoms with Gasteiger partial charge in [-0.05, 0) is 58.2 Å². The van der Waals surface area contributed by atoms with E-state index in [0.29, 0.717) is 13.0 Å². The summed E-state index contributed by atoms with van der Waals surface area (Å²) in [5.74, 6) is 0.282. The van der Waals surface area contributed by atoms with E-state index in [1.807, 2.05) is 21.0 Å². The van der Waals surface area contributed by atoms with Gasteiger partial charge in [-0.15, -0.1) is 0 Å². The van der Waals surface area contributed by atoms with Gasteiger partial charge in [-0.2, -0.15) is 0 Å². The Morgan fingerprint density at radius 2 is 2.05 bits per heavy atom. The van der Waals surface area contributed by atoms with Crippen LogP contribution in [0.2, 0.25) is 0 Å². The summed E-state index contributed by atoms with van der Waals surface area (Å²) in [5.41, 5.74) is 2.38. The molecule has 0 aromatic heterocycles. The van der Waals surface area contributed by atoms with Crippen molar-refractivity contribution in [2.75, 3.05) is 27.2 Å². The lowest BCUT2D eigenvalue weighted by Gasteiger charge is -2.34. The molecule has 0 amide bonds. The zero-order valence-electron chi connectivity index (χ0n) is 14.1. The Labute approximate surface area is 124 Å². The molecule has 1 aliphatic carbocycles. The fourth-order valence-electron chi connectivity index (χ4n) is 3.10. The zero-order chi connectivity index (χ0) is 15.3. The van der Waals surface area contributed by atoms with Gasteiger partial charge in [0, 0.05) is 13.0 Å². The zero-order valence-corrected chi connectivity index (χ0v) is 14.1. The monoisotopic (exact) mass is 281 g/mol. The highest BCUT2D eigenvalue weighted by Crippen LogP contribution is 2.41. The normalized spacial score (nSPS) is 20.4. The number of carbonyl (C=O) groups is 1. The Bertz CT molecular complexity index is 369. The van der Waals surface area contributed by atoms with Gasteiger partial charge in [0.25, 0.3) is 0 Å². The molecule has 20 heavy (non-hydrogen) atoms. The van der Waals surface area contributed by atoms with Crippen molar-refractivity contribution in [2.45, 2.75) is 59.5 Å². The molecule has 3 nitrogen and oxygen atoms in total. The third-order valence-corrected chi connectivity index (χ3v) is 4.15. The highest BCUT2D eigenvalue weighted by molar-refractivity contribution is 5.97. The van der Waals surface area contributed by atoms with E-state index in [0.717, 1.165) is 25.0 Å². The van der Waals surface area contributed by atoms with Gasteiger partial charge in [0.05, 0.1) is 12.7 Å². The molecular weight excluding hydrogens is 250 g/mol. The Kier molecular flexibility index (Phi) is 6.41. The molecule has 1 aliphatic rings. The minimum absolute atomic E-state index is 0.000441. The van der Waals surface area contributed by atoms with Gasteiger partial charge >= 0.3 is 0 Å². The molecule has 1 atom stereocenters. The van der Waals surface area contributed by atoms with Crippen molar-refractivity contribution in [1.29, 1.82) is 0 Å². The number of ether oxygens (including phenoxy) is 1. The summed E-state index contributed by atoms with van der Waals surface area (Å²) in [6.07, 6.45) is 3.89. The standard InChI is InChI=1S/C17H31NO2/c1-13-8-7-9-17(3,4)16(13)15(19)12-14(2)20-11-10-18(5)6/h14H,7-12H2,1-6H3. The highest BCUT2D eigenvalue weighted by Gasteiger charge is 2.33. The molecule has 0 saturated heterocycles. The molecule has 0 spiro atoms. The Morgan fingerprint density at radius 1 is 1.40 bits per heavy atom. The van der Waals surface area contributed by atoms with E-state index in [9.17, 15) is 4.79 Å². The Hall–Kier alpha value is -0.670. The number of allylic oxidation sites excluding steroid dienone is 2. The third kappa shape index (κ3) is 5.02. The molecule has 0 aromatic carbocycles. The molecule has 116 valence electrons. The van der Waals surface area contributed by atoms with Crippen molar-refractivity contribution >= 4 is 5.78 Å². The second kappa shape index (κ2) is 7.37. The Morgan fingerprint density at radius 3 is 2.60 bits per heavy atom. The SMILES string of the molecule is CC1=C(C(=O)CC(C)OCCN(C)C)C(C)(C)CCC1. The van der Waals surface area contributed by atoms with E-state index in [1.165, 1.54) is 12.0 Å². The van der Waals surface area contributed by atoms with Crippen molar-refractivity contribution in [1.82, 2.24) is 4.90 Å². The van der Waals surface area contributed by atoms with Crippen LogP contribution in [-0.2, 0) is 9.53 Å². The molecule has 3 heteroatoms. The molecule has 0 N–H and O–H groups in total. The van der Waals surface area contributed by atoms with Crippen molar-refractivity contribution in [3.63, 3.8) is 0 Å². The first-order valence-electron chi connectivity index (χ1n) is 7.74. The summed E-state index contributed by atoms with van der Waals surface area (Å²) in [6.45, 7) is 10.1. The van der Waals surface area contributed by atoms with E-state index >= 15 is 0 Å².